The molecule has 1 aromatic heterocycles. The fourth-order valence-corrected chi connectivity index (χ4v) is 6.12. The van der Waals surface area contributed by atoms with Gasteiger partial charge in [0, 0.05) is 36.4 Å². The van der Waals surface area contributed by atoms with Crippen molar-refractivity contribution in [2.45, 2.75) is 77.3 Å². The minimum atomic E-state index is -0.314. The molecular weight excluding hydrogens is 502 g/mol. The standard InChI is InChI=1S/C32H41N5O3/c1-21-6-12-25(13-7-21)37-29(19-28(35-37)32(2,3)4)34-31(39)33-24-10-8-22(9-11-24)16-23-17-26-14-15-27(18-23)36(26)30(38)20-40-5/h6-13,19,23,26-27H,14-18,20H2,1-5H3,(H2,33,34,39). The first-order valence-corrected chi connectivity index (χ1v) is 14.3. The van der Waals surface area contributed by atoms with Crippen LogP contribution in [-0.2, 0) is 21.4 Å². The molecule has 5 rings (SSSR count). The van der Waals surface area contributed by atoms with Crippen molar-refractivity contribution in [1.29, 1.82) is 0 Å². The van der Waals surface area contributed by atoms with E-state index < -0.39 is 0 Å². The van der Waals surface area contributed by atoms with Crippen molar-refractivity contribution < 1.29 is 14.3 Å². The average molecular weight is 544 g/mol. The van der Waals surface area contributed by atoms with E-state index in [-0.39, 0.29) is 24.0 Å². The fraction of sp³-hybridized carbons (Fsp3) is 0.469. The zero-order valence-corrected chi connectivity index (χ0v) is 24.2. The largest absolute Gasteiger partial charge is 0.375 e. The quantitative estimate of drug-likeness (QED) is 0.378. The summed E-state index contributed by atoms with van der Waals surface area (Å²) < 4.78 is 6.87. The molecule has 2 unspecified atom stereocenters. The van der Waals surface area contributed by atoms with Crippen LogP contribution in [0.25, 0.3) is 5.69 Å². The van der Waals surface area contributed by atoms with E-state index in [0.717, 1.165) is 54.7 Å². The normalized spacial score (nSPS) is 20.4. The second kappa shape index (κ2) is 11.5. The summed E-state index contributed by atoms with van der Waals surface area (Å²) in [7, 11) is 1.58. The third-order valence-corrected chi connectivity index (χ3v) is 8.12. The number of rotatable bonds is 7. The molecule has 0 radical (unpaired) electrons. The summed E-state index contributed by atoms with van der Waals surface area (Å²) >= 11 is 0. The van der Waals surface area contributed by atoms with Crippen molar-refractivity contribution >= 4 is 23.4 Å². The number of anilines is 2. The predicted octanol–water partition coefficient (Wildman–Crippen LogP) is 6.08. The highest BCUT2D eigenvalue weighted by molar-refractivity contribution is 5.99. The van der Waals surface area contributed by atoms with Crippen LogP contribution in [0.4, 0.5) is 16.3 Å². The monoisotopic (exact) mass is 543 g/mol. The second-order valence-corrected chi connectivity index (χ2v) is 12.3. The Morgan fingerprint density at radius 1 is 0.975 bits per heavy atom. The molecule has 3 amide bonds. The SMILES string of the molecule is COCC(=O)N1C2CCC1CC(Cc1ccc(NC(=O)Nc3cc(C(C)(C)C)nn3-c3ccc(C)cc3)cc1)C2. The van der Waals surface area contributed by atoms with Gasteiger partial charge < -0.3 is 15.0 Å². The summed E-state index contributed by atoms with van der Waals surface area (Å²) in [6, 6.07) is 18.5. The van der Waals surface area contributed by atoms with Gasteiger partial charge in [-0.05, 0) is 74.8 Å². The van der Waals surface area contributed by atoms with Gasteiger partial charge in [-0.15, -0.1) is 0 Å². The number of methoxy groups -OCH3 is 1. The highest BCUT2D eigenvalue weighted by atomic mass is 16.5. The number of carbonyl (C=O) groups is 2. The number of nitrogens with zero attached hydrogens (tertiary/aromatic N) is 3. The number of nitrogens with one attached hydrogen (secondary N) is 2. The Balaban J connectivity index is 1.20. The van der Waals surface area contributed by atoms with Gasteiger partial charge in [-0.3, -0.25) is 10.1 Å². The molecule has 0 aliphatic carbocycles. The molecule has 3 aromatic rings. The summed E-state index contributed by atoms with van der Waals surface area (Å²) in [5.74, 6) is 1.30. The number of amides is 3. The van der Waals surface area contributed by atoms with Crippen molar-refractivity contribution in [3.8, 4) is 5.69 Å². The molecule has 8 nitrogen and oxygen atoms in total. The molecule has 212 valence electrons. The lowest BCUT2D eigenvalue weighted by atomic mass is 9.85. The number of aromatic nitrogens is 2. The van der Waals surface area contributed by atoms with Crippen LogP contribution in [0.2, 0.25) is 0 Å². The Labute approximate surface area is 237 Å². The first kappa shape index (κ1) is 27.9. The number of piperidine rings is 1. The van der Waals surface area contributed by atoms with E-state index in [1.165, 1.54) is 5.56 Å². The number of hydrogen-bond acceptors (Lipinski definition) is 4. The summed E-state index contributed by atoms with van der Waals surface area (Å²) in [4.78, 5) is 27.5. The van der Waals surface area contributed by atoms with Crippen molar-refractivity contribution in [3.63, 3.8) is 0 Å². The lowest BCUT2D eigenvalue weighted by molar-refractivity contribution is -0.140. The van der Waals surface area contributed by atoms with Crippen LogP contribution in [-0.4, -0.2) is 52.4 Å². The van der Waals surface area contributed by atoms with Gasteiger partial charge in [0.25, 0.3) is 0 Å². The predicted molar refractivity (Wildman–Crippen MR) is 158 cm³/mol. The number of benzene rings is 2. The maximum absolute atomic E-state index is 13.0. The number of hydrogen-bond donors (Lipinski definition) is 2. The van der Waals surface area contributed by atoms with Gasteiger partial charge in [0.2, 0.25) is 5.91 Å². The molecule has 2 saturated heterocycles. The van der Waals surface area contributed by atoms with E-state index >= 15 is 0 Å². The number of fused-ring (bicyclic) bond motifs is 2. The van der Waals surface area contributed by atoms with Gasteiger partial charge in [0.15, 0.2) is 0 Å². The van der Waals surface area contributed by atoms with Crippen LogP contribution in [0, 0.1) is 12.8 Å². The topological polar surface area (TPSA) is 88.5 Å². The number of aryl methyl sites for hydroxylation is 1. The molecule has 8 heteroatoms. The molecule has 3 heterocycles. The van der Waals surface area contributed by atoms with Crippen LogP contribution in [0.3, 0.4) is 0 Å². The molecule has 2 fully saturated rings. The lowest BCUT2D eigenvalue weighted by Crippen LogP contribution is -2.48. The first-order valence-electron chi connectivity index (χ1n) is 14.3. The van der Waals surface area contributed by atoms with E-state index in [0.29, 0.717) is 23.8 Å². The number of urea groups is 1. The van der Waals surface area contributed by atoms with Crippen molar-refractivity contribution in [2.24, 2.45) is 5.92 Å². The molecule has 2 aliphatic rings. The van der Waals surface area contributed by atoms with E-state index in [2.05, 4.69) is 48.4 Å². The maximum Gasteiger partial charge on any atom is 0.324 e. The Morgan fingerprint density at radius 2 is 1.62 bits per heavy atom. The zero-order chi connectivity index (χ0) is 28.4. The second-order valence-electron chi connectivity index (χ2n) is 12.3. The summed E-state index contributed by atoms with van der Waals surface area (Å²) in [5.41, 5.74) is 4.78. The first-order chi connectivity index (χ1) is 19.1. The lowest BCUT2D eigenvalue weighted by Gasteiger charge is -2.39. The Hall–Kier alpha value is -3.65. The molecule has 2 aromatic carbocycles. The van der Waals surface area contributed by atoms with E-state index in [1.807, 2.05) is 49.4 Å². The Morgan fingerprint density at radius 3 is 2.23 bits per heavy atom. The molecular formula is C32H41N5O3. The van der Waals surface area contributed by atoms with Gasteiger partial charge in [-0.1, -0.05) is 50.6 Å². The fourth-order valence-electron chi connectivity index (χ4n) is 6.12. The maximum atomic E-state index is 13.0. The van der Waals surface area contributed by atoms with Crippen molar-refractivity contribution in [3.05, 3.63) is 71.4 Å². The highest BCUT2D eigenvalue weighted by Gasteiger charge is 2.42. The summed E-state index contributed by atoms with van der Waals surface area (Å²) in [6.45, 7) is 8.54. The van der Waals surface area contributed by atoms with Crippen LogP contribution in [0.5, 0.6) is 0 Å². The van der Waals surface area contributed by atoms with Gasteiger partial charge in [0.05, 0.1) is 11.4 Å². The van der Waals surface area contributed by atoms with Gasteiger partial charge in [0.1, 0.15) is 12.4 Å². The van der Waals surface area contributed by atoms with Gasteiger partial charge in [-0.25, -0.2) is 9.48 Å². The zero-order valence-electron chi connectivity index (χ0n) is 24.2. The molecule has 0 spiro atoms. The highest BCUT2D eigenvalue weighted by Crippen LogP contribution is 2.40. The van der Waals surface area contributed by atoms with E-state index in [9.17, 15) is 9.59 Å². The molecule has 0 saturated carbocycles. The Bertz CT molecular complexity index is 1330. The summed E-state index contributed by atoms with van der Waals surface area (Å²) in [6.07, 6.45) is 5.25. The average Bonchev–Trinajstić information content (AvgIpc) is 3.44. The van der Waals surface area contributed by atoms with Crippen molar-refractivity contribution in [2.75, 3.05) is 24.4 Å². The summed E-state index contributed by atoms with van der Waals surface area (Å²) in [5, 5.41) is 10.8. The molecule has 2 aliphatic heterocycles. The minimum Gasteiger partial charge on any atom is -0.375 e. The van der Waals surface area contributed by atoms with Crippen LogP contribution in [0.1, 0.15) is 63.3 Å². The molecule has 40 heavy (non-hydrogen) atoms. The molecule has 2 atom stereocenters. The van der Waals surface area contributed by atoms with Gasteiger partial charge >= 0.3 is 6.03 Å². The molecule has 2 N–H and O–H groups in total. The van der Waals surface area contributed by atoms with Crippen LogP contribution in [0.15, 0.2) is 54.6 Å². The minimum absolute atomic E-state index is 0.124. The van der Waals surface area contributed by atoms with Crippen LogP contribution >= 0.6 is 0 Å². The third kappa shape index (κ3) is 6.22. The number of carbonyl (C=O) groups excluding carboxylic acids is 2. The van der Waals surface area contributed by atoms with Crippen LogP contribution < -0.4 is 10.6 Å². The van der Waals surface area contributed by atoms with E-state index in [4.69, 9.17) is 9.84 Å². The van der Waals surface area contributed by atoms with Crippen molar-refractivity contribution in [1.82, 2.24) is 14.7 Å². The third-order valence-electron chi connectivity index (χ3n) is 8.12. The number of ether oxygens (including phenoxy) is 1. The van der Waals surface area contributed by atoms with E-state index in [1.54, 1.807) is 11.8 Å². The smallest absolute Gasteiger partial charge is 0.324 e. The molecule has 2 bridgehead atoms. The van der Waals surface area contributed by atoms with Gasteiger partial charge in [-0.2, -0.15) is 5.10 Å². The Kier molecular flexibility index (Phi) is 7.99.